The Morgan fingerprint density at radius 2 is 0.917 bits per heavy atom. The molecule has 3 N–H and O–H groups in total. The lowest BCUT2D eigenvalue weighted by molar-refractivity contribution is -0.146. The number of carboxylic acids is 3. The highest BCUT2D eigenvalue weighted by molar-refractivity contribution is 5.79. The monoisotopic (exact) mass is 500 g/mol. The summed E-state index contributed by atoms with van der Waals surface area (Å²) in [5.41, 5.74) is -0.819. The van der Waals surface area contributed by atoms with Crippen molar-refractivity contribution in [3.63, 3.8) is 0 Å². The van der Waals surface area contributed by atoms with E-state index >= 15 is 0 Å². The fraction of sp³-hybridized carbons (Fsp3) is 0.700. The zero-order valence-electron chi connectivity index (χ0n) is 22.3. The zero-order chi connectivity index (χ0) is 26.8. The second-order valence-electron chi connectivity index (χ2n) is 12.9. The summed E-state index contributed by atoms with van der Waals surface area (Å²) in [5, 5.41) is 26.5. The highest BCUT2D eigenvalue weighted by atomic mass is 16.4. The molecule has 0 saturated heterocycles. The molecule has 0 aromatic carbocycles. The van der Waals surface area contributed by atoms with E-state index in [9.17, 15) is 14.4 Å². The van der Waals surface area contributed by atoms with Crippen LogP contribution in [0.5, 0.6) is 0 Å². The molecule has 6 aliphatic carbocycles. The topological polar surface area (TPSA) is 112 Å². The van der Waals surface area contributed by atoms with E-state index < -0.39 is 34.2 Å². The Kier molecular flexibility index (Phi) is 8.26. The van der Waals surface area contributed by atoms with Crippen LogP contribution in [0.15, 0.2) is 36.5 Å². The number of aliphatic carboxylic acids is 3. The maximum absolute atomic E-state index is 10.7. The van der Waals surface area contributed by atoms with Crippen LogP contribution >= 0.6 is 0 Å². The van der Waals surface area contributed by atoms with Crippen molar-refractivity contribution in [3.05, 3.63) is 36.5 Å². The first-order chi connectivity index (χ1) is 16.7. The Labute approximate surface area is 215 Å². The lowest BCUT2D eigenvalue weighted by atomic mass is 9.88. The van der Waals surface area contributed by atoms with Gasteiger partial charge in [-0.1, -0.05) is 70.6 Å². The van der Waals surface area contributed by atoms with Crippen LogP contribution in [-0.2, 0) is 14.4 Å². The minimum absolute atomic E-state index is 0.454. The van der Waals surface area contributed by atoms with E-state index in [1.807, 2.05) is 18.2 Å². The van der Waals surface area contributed by atoms with Gasteiger partial charge in [-0.15, -0.1) is 0 Å². The molecule has 3 fully saturated rings. The Bertz CT molecular complexity index is 830. The molecule has 0 spiro atoms. The molecule has 6 unspecified atom stereocenters. The van der Waals surface area contributed by atoms with E-state index in [2.05, 4.69) is 45.9 Å². The van der Waals surface area contributed by atoms with E-state index in [0.717, 1.165) is 57.8 Å². The SMILES string of the molecule is CCC(C)(C)C.O=C(O)C12C=CC(CC1)C2.O=C(O)C12C=CC(CC1)C2.O=C(O)C12C=CC(CC1)C2. The number of hydrogen-bond acceptors (Lipinski definition) is 3. The third kappa shape index (κ3) is 6.12. The summed E-state index contributed by atoms with van der Waals surface area (Å²) < 4.78 is 0. The second-order valence-corrected chi connectivity index (χ2v) is 12.9. The van der Waals surface area contributed by atoms with Crippen LogP contribution in [0.4, 0.5) is 0 Å². The summed E-state index contributed by atoms with van der Waals surface area (Å²) in [6.45, 7) is 8.94. The standard InChI is InChI=1S/3C8H10O2.C6H14/c3*9-7(10)8-3-1-6(5-8)2-4-8;1-5-6(2,3)4/h3*1,3,6H,2,4-5H2,(H,9,10);5H2,1-4H3. The van der Waals surface area contributed by atoms with Crippen molar-refractivity contribution < 1.29 is 29.7 Å². The predicted molar refractivity (Wildman–Crippen MR) is 139 cm³/mol. The fourth-order valence-corrected chi connectivity index (χ4v) is 6.05. The van der Waals surface area contributed by atoms with Gasteiger partial charge in [0.25, 0.3) is 0 Å². The maximum atomic E-state index is 10.7. The maximum Gasteiger partial charge on any atom is 0.313 e. The number of carbonyl (C=O) groups is 3. The molecular weight excluding hydrogens is 456 g/mol. The van der Waals surface area contributed by atoms with Crippen LogP contribution < -0.4 is 0 Å². The highest BCUT2D eigenvalue weighted by Crippen LogP contribution is 2.50. The quantitative estimate of drug-likeness (QED) is 0.371. The minimum atomic E-state index is -0.635. The summed E-state index contributed by atoms with van der Waals surface area (Å²) in [4.78, 5) is 32.2. The van der Waals surface area contributed by atoms with Gasteiger partial charge in [0.1, 0.15) is 0 Å². The van der Waals surface area contributed by atoms with Crippen LogP contribution in [0, 0.1) is 39.4 Å². The lowest BCUT2D eigenvalue weighted by Crippen LogP contribution is -2.23. The first-order valence-corrected chi connectivity index (χ1v) is 13.5. The molecule has 0 aromatic heterocycles. The summed E-state index contributed by atoms with van der Waals surface area (Å²) in [5.74, 6) is -0.209. The Morgan fingerprint density at radius 3 is 0.972 bits per heavy atom. The van der Waals surface area contributed by atoms with Crippen molar-refractivity contribution in [1.82, 2.24) is 0 Å². The van der Waals surface area contributed by atoms with Crippen molar-refractivity contribution >= 4 is 17.9 Å². The Balaban J connectivity index is 0.000000136. The second kappa shape index (κ2) is 10.5. The van der Waals surface area contributed by atoms with Gasteiger partial charge in [-0.3, -0.25) is 14.4 Å². The molecule has 3 saturated carbocycles. The van der Waals surface area contributed by atoms with E-state index in [1.54, 1.807) is 0 Å². The number of carboxylic acid groups (broad SMARTS) is 3. The normalized spacial score (nSPS) is 37.5. The molecular formula is C30H44O6. The van der Waals surface area contributed by atoms with Crippen LogP contribution in [0.1, 0.15) is 91.9 Å². The van der Waals surface area contributed by atoms with E-state index in [1.165, 1.54) is 6.42 Å². The van der Waals surface area contributed by atoms with Gasteiger partial charge in [-0.2, -0.15) is 0 Å². The van der Waals surface area contributed by atoms with Gasteiger partial charge in [-0.25, -0.2) is 0 Å². The molecule has 6 atom stereocenters. The molecule has 6 rings (SSSR count). The molecule has 200 valence electrons. The number of rotatable bonds is 3. The summed E-state index contributed by atoms with van der Waals surface area (Å²) in [6.07, 6.45) is 21.4. The lowest BCUT2D eigenvalue weighted by Gasteiger charge is -2.15. The molecule has 6 bridgehead atoms. The van der Waals surface area contributed by atoms with Crippen molar-refractivity contribution in [3.8, 4) is 0 Å². The molecule has 6 aliphatic rings. The van der Waals surface area contributed by atoms with Crippen molar-refractivity contribution in [2.24, 2.45) is 39.4 Å². The number of fused-ring (bicyclic) bond motifs is 6. The third-order valence-electron chi connectivity index (χ3n) is 9.16. The molecule has 6 heteroatoms. The molecule has 0 amide bonds. The predicted octanol–water partition coefficient (Wildman–Crippen LogP) is 6.72. The smallest absolute Gasteiger partial charge is 0.313 e. The van der Waals surface area contributed by atoms with Gasteiger partial charge in [-0.05, 0) is 81.0 Å². The summed E-state index contributed by atoms with van der Waals surface area (Å²) in [7, 11) is 0. The van der Waals surface area contributed by atoms with Gasteiger partial charge in [0, 0.05) is 0 Å². The number of allylic oxidation sites excluding steroid dienone is 3. The van der Waals surface area contributed by atoms with E-state index in [-0.39, 0.29) is 0 Å². The van der Waals surface area contributed by atoms with Crippen molar-refractivity contribution in [1.29, 1.82) is 0 Å². The van der Waals surface area contributed by atoms with E-state index in [4.69, 9.17) is 15.3 Å². The van der Waals surface area contributed by atoms with Crippen LogP contribution in [0.2, 0.25) is 0 Å². The van der Waals surface area contributed by atoms with Crippen LogP contribution in [0.3, 0.4) is 0 Å². The molecule has 0 aliphatic heterocycles. The minimum Gasteiger partial charge on any atom is -0.481 e. The molecule has 0 radical (unpaired) electrons. The van der Waals surface area contributed by atoms with Crippen LogP contribution in [0.25, 0.3) is 0 Å². The van der Waals surface area contributed by atoms with Gasteiger partial charge >= 0.3 is 17.9 Å². The average Bonchev–Trinajstić information content (AvgIpc) is 3.67. The Morgan fingerprint density at radius 1 is 0.667 bits per heavy atom. The summed E-state index contributed by atoms with van der Waals surface area (Å²) in [6, 6.07) is 0. The Hall–Kier alpha value is -2.37. The van der Waals surface area contributed by atoms with Gasteiger partial charge < -0.3 is 15.3 Å². The van der Waals surface area contributed by atoms with Gasteiger partial charge in [0.15, 0.2) is 0 Å². The number of hydrogen-bond donors (Lipinski definition) is 3. The van der Waals surface area contributed by atoms with Gasteiger partial charge in [0.05, 0.1) is 16.2 Å². The first kappa shape index (κ1) is 28.2. The molecule has 36 heavy (non-hydrogen) atoms. The van der Waals surface area contributed by atoms with E-state index in [0.29, 0.717) is 23.2 Å². The zero-order valence-corrected chi connectivity index (χ0v) is 22.3. The molecule has 0 aromatic rings. The fourth-order valence-electron chi connectivity index (χ4n) is 6.05. The average molecular weight is 501 g/mol. The summed E-state index contributed by atoms with van der Waals surface area (Å²) >= 11 is 0. The highest BCUT2D eigenvalue weighted by Gasteiger charge is 2.48. The van der Waals surface area contributed by atoms with Crippen LogP contribution in [-0.4, -0.2) is 33.2 Å². The van der Waals surface area contributed by atoms with Gasteiger partial charge in [0.2, 0.25) is 0 Å². The van der Waals surface area contributed by atoms with Crippen molar-refractivity contribution in [2.75, 3.05) is 0 Å². The largest absolute Gasteiger partial charge is 0.481 e. The molecule has 0 heterocycles. The third-order valence-corrected chi connectivity index (χ3v) is 9.16. The van der Waals surface area contributed by atoms with Crippen molar-refractivity contribution in [2.45, 2.75) is 91.9 Å². The first-order valence-electron chi connectivity index (χ1n) is 13.5. The molecule has 6 nitrogen and oxygen atoms in total.